The molecule has 2 aromatic rings. The second-order valence-electron chi connectivity index (χ2n) is 7.60. The highest BCUT2D eigenvalue weighted by molar-refractivity contribution is 5.85. The minimum Gasteiger partial charge on any atom is -0.315 e. The van der Waals surface area contributed by atoms with Crippen LogP contribution >= 0.6 is 12.4 Å². The van der Waals surface area contributed by atoms with Crippen LogP contribution in [0.15, 0.2) is 35.9 Å². The molecule has 5 nitrogen and oxygen atoms in total. The van der Waals surface area contributed by atoms with Gasteiger partial charge in [0.1, 0.15) is 11.6 Å². The van der Waals surface area contributed by atoms with E-state index in [2.05, 4.69) is 68.3 Å². The van der Waals surface area contributed by atoms with E-state index in [4.69, 9.17) is 0 Å². The first-order valence-corrected chi connectivity index (χ1v) is 9.87. The summed E-state index contributed by atoms with van der Waals surface area (Å²) in [6.07, 6.45) is 5.76. The van der Waals surface area contributed by atoms with Crippen molar-refractivity contribution in [3.05, 3.63) is 53.1 Å². The van der Waals surface area contributed by atoms with E-state index in [1.54, 1.807) is 0 Å². The zero-order chi connectivity index (χ0) is 17.8. The maximum atomic E-state index is 4.59. The van der Waals surface area contributed by atoms with Crippen LogP contribution < -0.4 is 5.32 Å². The van der Waals surface area contributed by atoms with Gasteiger partial charge in [-0.3, -0.25) is 4.90 Å². The van der Waals surface area contributed by atoms with Crippen LogP contribution in [0.2, 0.25) is 0 Å². The Balaban J connectivity index is 0.00000210. The molecule has 2 aliphatic heterocycles. The molecule has 1 saturated heterocycles. The summed E-state index contributed by atoms with van der Waals surface area (Å²) in [4.78, 5) is 2.58. The highest BCUT2D eigenvalue weighted by atomic mass is 35.5. The first kappa shape index (κ1) is 20.1. The largest absolute Gasteiger partial charge is 0.315 e. The van der Waals surface area contributed by atoms with Crippen LogP contribution in [0.25, 0.3) is 6.08 Å². The van der Waals surface area contributed by atoms with Crippen molar-refractivity contribution in [2.45, 2.75) is 38.6 Å². The van der Waals surface area contributed by atoms with Gasteiger partial charge in [0.05, 0.1) is 0 Å². The normalized spacial score (nSPS) is 21.2. The third-order valence-corrected chi connectivity index (χ3v) is 5.45. The predicted octanol–water partition coefficient (Wildman–Crippen LogP) is 3.13. The van der Waals surface area contributed by atoms with Gasteiger partial charge in [0.25, 0.3) is 0 Å². The molecule has 3 heterocycles. The van der Waals surface area contributed by atoms with Crippen molar-refractivity contribution in [1.29, 1.82) is 0 Å². The minimum absolute atomic E-state index is 0. The van der Waals surface area contributed by atoms with Crippen molar-refractivity contribution in [3.63, 3.8) is 0 Å². The number of nitrogens with zero attached hydrogens (tertiary/aromatic N) is 4. The van der Waals surface area contributed by atoms with Gasteiger partial charge in [0.15, 0.2) is 0 Å². The number of hydrogen-bond acceptors (Lipinski definition) is 4. The van der Waals surface area contributed by atoms with Crippen molar-refractivity contribution < 1.29 is 0 Å². The third-order valence-electron chi connectivity index (χ3n) is 5.45. The molecule has 2 aliphatic rings. The Morgan fingerprint density at radius 1 is 1.19 bits per heavy atom. The van der Waals surface area contributed by atoms with Crippen molar-refractivity contribution in [2.75, 3.05) is 32.7 Å². The van der Waals surface area contributed by atoms with Gasteiger partial charge in [0.2, 0.25) is 0 Å². The summed E-state index contributed by atoms with van der Waals surface area (Å²) in [6.45, 7) is 8.58. The van der Waals surface area contributed by atoms with E-state index in [9.17, 15) is 0 Å². The Bertz CT molecular complexity index is 755. The van der Waals surface area contributed by atoms with E-state index in [-0.39, 0.29) is 12.4 Å². The second-order valence-corrected chi connectivity index (χ2v) is 7.60. The average molecular weight is 388 g/mol. The van der Waals surface area contributed by atoms with E-state index < -0.39 is 0 Å². The lowest BCUT2D eigenvalue weighted by atomic mass is 9.96. The summed E-state index contributed by atoms with van der Waals surface area (Å²) < 4.78 is 2.38. The number of fused-ring (bicyclic) bond motifs is 1. The number of hydrogen-bond donors (Lipinski definition) is 1. The zero-order valence-corrected chi connectivity index (χ0v) is 16.9. The molecule has 0 amide bonds. The third kappa shape index (κ3) is 4.98. The van der Waals surface area contributed by atoms with Crippen LogP contribution in [0, 0.1) is 0 Å². The van der Waals surface area contributed by atoms with Gasteiger partial charge < -0.3 is 9.88 Å². The molecule has 0 saturated carbocycles. The SMILES string of the molecule is C/C(=C\c1ccccc1)CN1CCCC(c2nnc3n2CCNCC3)C1.Cl. The van der Waals surface area contributed by atoms with Crippen LogP contribution in [-0.2, 0) is 13.0 Å². The van der Waals surface area contributed by atoms with Crippen LogP contribution in [0.5, 0.6) is 0 Å². The smallest absolute Gasteiger partial charge is 0.137 e. The van der Waals surface area contributed by atoms with Gasteiger partial charge in [-0.15, -0.1) is 22.6 Å². The van der Waals surface area contributed by atoms with Gasteiger partial charge in [-0.1, -0.05) is 42.0 Å². The number of benzene rings is 1. The second kappa shape index (κ2) is 9.49. The van der Waals surface area contributed by atoms with Gasteiger partial charge in [-0.25, -0.2) is 0 Å². The summed E-state index contributed by atoms with van der Waals surface area (Å²) in [5.74, 6) is 2.87. The highest BCUT2D eigenvalue weighted by Crippen LogP contribution is 2.27. The zero-order valence-electron chi connectivity index (χ0n) is 16.1. The van der Waals surface area contributed by atoms with E-state index in [0.717, 1.165) is 45.0 Å². The van der Waals surface area contributed by atoms with Gasteiger partial charge in [-0.2, -0.15) is 0 Å². The van der Waals surface area contributed by atoms with E-state index in [1.807, 2.05) is 0 Å². The number of nitrogens with one attached hydrogen (secondary N) is 1. The number of piperidine rings is 1. The fourth-order valence-electron chi connectivity index (χ4n) is 4.24. The van der Waals surface area contributed by atoms with Gasteiger partial charge >= 0.3 is 0 Å². The molecule has 6 heteroatoms. The lowest BCUT2D eigenvalue weighted by molar-refractivity contribution is 0.217. The van der Waals surface area contributed by atoms with E-state index in [0.29, 0.717) is 5.92 Å². The molecule has 0 spiro atoms. The Kier molecular flexibility index (Phi) is 7.05. The van der Waals surface area contributed by atoms with Crippen molar-refractivity contribution >= 4 is 18.5 Å². The van der Waals surface area contributed by atoms with Crippen LogP contribution in [0.4, 0.5) is 0 Å². The predicted molar refractivity (Wildman–Crippen MR) is 112 cm³/mol. The summed E-state index contributed by atoms with van der Waals surface area (Å²) in [7, 11) is 0. The maximum absolute atomic E-state index is 4.59. The molecule has 0 bridgehead atoms. The number of likely N-dealkylation sites (tertiary alicyclic amines) is 1. The number of aromatic nitrogens is 3. The van der Waals surface area contributed by atoms with Crippen LogP contribution in [0.3, 0.4) is 0 Å². The first-order chi connectivity index (χ1) is 12.8. The molecule has 4 rings (SSSR count). The van der Waals surface area contributed by atoms with Gasteiger partial charge in [-0.05, 0) is 31.9 Å². The average Bonchev–Trinajstić information content (AvgIpc) is 2.91. The molecule has 1 atom stereocenters. The molecule has 146 valence electrons. The monoisotopic (exact) mass is 387 g/mol. The molecule has 0 radical (unpaired) electrons. The first-order valence-electron chi connectivity index (χ1n) is 9.87. The molecule has 27 heavy (non-hydrogen) atoms. The number of rotatable bonds is 4. The lowest BCUT2D eigenvalue weighted by Gasteiger charge is -2.32. The Morgan fingerprint density at radius 3 is 2.89 bits per heavy atom. The molecular formula is C21H30ClN5. The summed E-state index contributed by atoms with van der Waals surface area (Å²) in [5.41, 5.74) is 2.70. The molecule has 1 fully saturated rings. The Labute approximate surface area is 168 Å². The van der Waals surface area contributed by atoms with Crippen molar-refractivity contribution in [2.24, 2.45) is 0 Å². The van der Waals surface area contributed by atoms with E-state index in [1.165, 1.54) is 36.3 Å². The molecule has 1 unspecified atom stereocenters. The maximum Gasteiger partial charge on any atom is 0.137 e. The fourth-order valence-corrected chi connectivity index (χ4v) is 4.24. The van der Waals surface area contributed by atoms with Gasteiger partial charge in [0, 0.05) is 45.1 Å². The highest BCUT2D eigenvalue weighted by Gasteiger charge is 2.27. The standard InChI is InChI=1S/C21H29N5.ClH/c1-17(14-18-6-3-2-4-7-18)15-25-12-5-8-19(16-25)21-24-23-20-9-10-22-11-13-26(20)21;/h2-4,6-7,14,19,22H,5,8-13,15-16H2,1H3;1H/b17-14+;. The topological polar surface area (TPSA) is 46.0 Å². The molecule has 1 N–H and O–H groups in total. The molecule has 0 aliphatic carbocycles. The van der Waals surface area contributed by atoms with Crippen molar-refractivity contribution in [3.8, 4) is 0 Å². The molecular weight excluding hydrogens is 358 g/mol. The van der Waals surface area contributed by atoms with Crippen LogP contribution in [0.1, 0.15) is 42.9 Å². The minimum atomic E-state index is 0. The summed E-state index contributed by atoms with van der Waals surface area (Å²) >= 11 is 0. The van der Waals surface area contributed by atoms with E-state index >= 15 is 0 Å². The molecule has 1 aromatic heterocycles. The summed E-state index contributed by atoms with van der Waals surface area (Å²) in [6, 6.07) is 10.6. The van der Waals surface area contributed by atoms with Crippen LogP contribution in [-0.4, -0.2) is 52.4 Å². The fraction of sp³-hybridized carbons (Fsp3) is 0.524. The Morgan fingerprint density at radius 2 is 2.04 bits per heavy atom. The lowest BCUT2D eigenvalue weighted by Crippen LogP contribution is -2.36. The summed E-state index contributed by atoms with van der Waals surface area (Å²) in [5, 5.41) is 12.5. The van der Waals surface area contributed by atoms with Crippen molar-refractivity contribution in [1.82, 2.24) is 25.0 Å². The quantitative estimate of drug-likeness (QED) is 0.875. The number of halogens is 1. The molecule has 1 aromatic carbocycles. The Hall–Kier alpha value is -1.69.